The second-order valence-corrected chi connectivity index (χ2v) is 4.94. The number of hydrazine groups is 1. The Morgan fingerprint density at radius 3 is 2.58 bits per heavy atom. The van der Waals surface area contributed by atoms with Crippen LogP contribution in [0.25, 0.3) is 5.70 Å². The van der Waals surface area contributed by atoms with Crippen molar-refractivity contribution in [1.82, 2.24) is 20.6 Å². The molecule has 0 aliphatic carbocycles. The Morgan fingerprint density at radius 1 is 1.38 bits per heavy atom. The molecule has 0 saturated carbocycles. The highest BCUT2D eigenvalue weighted by Gasteiger charge is 2.17. The number of amides is 1. The molecule has 24 heavy (non-hydrogen) atoms. The van der Waals surface area contributed by atoms with Gasteiger partial charge in [0.25, 0.3) is 5.91 Å². The van der Waals surface area contributed by atoms with Gasteiger partial charge in [0.05, 0.1) is 29.7 Å². The molecule has 2 aromatic rings. The van der Waals surface area contributed by atoms with Gasteiger partial charge in [-0.05, 0) is 41.7 Å². The Morgan fingerprint density at radius 2 is 2.04 bits per heavy atom. The van der Waals surface area contributed by atoms with Crippen molar-refractivity contribution in [3.05, 3.63) is 58.3 Å². The van der Waals surface area contributed by atoms with Crippen LogP contribution in [0.1, 0.15) is 11.3 Å². The lowest BCUT2D eigenvalue weighted by Crippen LogP contribution is -2.38. The van der Waals surface area contributed by atoms with Crippen LogP contribution in [-0.4, -0.2) is 27.7 Å². The van der Waals surface area contributed by atoms with E-state index in [0.29, 0.717) is 17.1 Å². The molecule has 0 saturated heterocycles. The first-order chi connectivity index (χ1) is 11.4. The van der Waals surface area contributed by atoms with E-state index in [1.807, 2.05) is 0 Å². The maximum absolute atomic E-state index is 11.9. The van der Waals surface area contributed by atoms with Gasteiger partial charge in [-0.15, -0.1) is 0 Å². The number of nitro groups is 1. The summed E-state index contributed by atoms with van der Waals surface area (Å²) in [6, 6.07) is 8.44. The van der Waals surface area contributed by atoms with Crippen LogP contribution in [0.3, 0.4) is 0 Å². The van der Waals surface area contributed by atoms with E-state index in [1.165, 1.54) is 10.7 Å². The van der Waals surface area contributed by atoms with E-state index in [2.05, 4.69) is 22.5 Å². The fourth-order valence-corrected chi connectivity index (χ4v) is 1.93. The Bertz CT molecular complexity index is 767. The average Bonchev–Trinajstić information content (AvgIpc) is 2.94. The molecule has 9 heteroatoms. The SMILES string of the molecule is C=C(NNC(=O)Cn1nc([N+](=O)[O-])cc1C)c1ccc(OC)cc1. The number of rotatable bonds is 7. The highest BCUT2D eigenvalue weighted by atomic mass is 16.6. The molecule has 1 aromatic heterocycles. The van der Waals surface area contributed by atoms with Gasteiger partial charge >= 0.3 is 5.82 Å². The van der Waals surface area contributed by atoms with Crippen LogP contribution in [0.5, 0.6) is 5.75 Å². The van der Waals surface area contributed by atoms with Crippen LogP contribution in [-0.2, 0) is 11.3 Å². The first kappa shape index (κ1) is 17.0. The summed E-state index contributed by atoms with van der Waals surface area (Å²) in [5, 5.41) is 14.4. The van der Waals surface area contributed by atoms with Crippen molar-refractivity contribution in [2.75, 3.05) is 7.11 Å². The number of hydrogen-bond acceptors (Lipinski definition) is 6. The molecule has 1 aromatic carbocycles. The van der Waals surface area contributed by atoms with Gasteiger partial charge in [-0.1, -0.05) is 6.58 Å². The van der Waals surface area contributed by atoms with Crippen molar-refractivity contribution in [2.45, 2.75) is 13.5 Å². The van der Waals surface area contributed by atoms with Crippen molar-refractivity contribution in [3.8, 4) is 5.75 Å². The smallest absolute Gasteiger partial charge is 0.390 e. The average molecular weight is 331 g/mol. The van der Waals surface area contributed by atoms with Crippen LogP contribution < -0.4 is 15.6 Å². The fourth-order valence-electron chi connectivity index (χ4n) is 1.93. The highest BCUT2D eigenvalue weighted by Crippen LogP contribution is 2.15. The number of nitrogens with one attached hydrogen (secondary N) is 2. The van der Waals surface area contributed by atoms with Gasteiger partial charge in [0, 0.05) is 0 Å². The third-order valence-corrected chi connectivity index (χ3v) is 3.24. The number of aromatic nitrogens is 2. The van der Waals surface area contributed by atoms with E-state index < -0.39 is 10.8 Å². The predicted octanol–water partition coefficient (Wildman–Crippen LogP) is 1.40. The van der Waals surface area contributed by atoms with Crippen molar-refractivity contribution in [1.29, 1.82) is 0 Å². The van der Waals surface area contributed by atoms with Gasteiger partial charge < -0.3 is 14.9 Å². The number of ether oxygens (including phenoxy) is 1. The molecule has 0 bridgehead atoms. The van der Waals surface area contributed by atoms with Gasteiger partial charge in [-0.25, -0.2) is 0 Å². The molecule has 1 heterocycles. The van der Waals surface area contributed by atoms with Gasteiger partial charge in [0.2, 0.25) is 0 Å². The van der Waals surface area contributed by atoms with Crippen molar-refractivity contribution < 1.29 is 14.5 Å². The van der Waals surface area contributed by atoms with Crippen LogP contribution >= 0.6 is 0 Å². The number of aryl methyl sites for hydroxylation is 1. The van der Waals surface area contributed by atoms with Gasteiger partial charge in [-0.2, -0.15) is 4.68 Å². The van der Waals surface area contributed by atoms with Crippen LogP contribution in [0.2, 0.25) is 0 Å². The molecular weight excluding hydrogens is 314 g/mol. The predicted molar refractivity (Wildman–Crippen MR) is 86.9 cm³/mol. The van der Waals surface area contributed by atoms with E-state index in [0.717, 1.165) is 5.56 Å². The lowest BCUT2D eigenvalue weighted by molar-refractivity contribution is -0.389. The zero-order chi connectivity index (χ0) is 17.7. The van der Waals surface area contributed by atoms with Gasteiger partial charge in [0.1, 0.15) is 12.3 Å². The Kier molecular flexibility index (Phi) is 5.15. The zero-order valence-electron chi connectivity index (χ0n) is 13.3. The standard InChI is InChI=1S/C15H17N5O4/c1-10-8-14(20(22)23)18-19(10)9-15(21)17-16-11(2)12-4-6-13(24-3)7-5-12/h4-8,16H,2,9H2,1,3H3,(H,17,21). The summed E-state index contributed by atoms with van der Waals surface area (Å²) in [6.07, 6.45) is 0. The molecule has 0 spiro atoms. The van der Waals surface area contributed by atoms with E-state index >= 15 is 0 Å². The first-order valence-corrected chi connectivity index (χ1v) is 6.97. The summed E-state index contributed by atoms with van der Waals surface area (Å²) < 4.78 is 6.32. The number of benzene rings is 1. The van der Waals surface area contributed by atoms with Crippen LogP contribution in [0, 0.1) is 17.0 Å². The molecule has 0 radical (unpaired) electrons. The molecule has 2 N–H and O–H groups in total. The topological polar surface area (TPSA) is 111 Å². The van der Waals surface area contributed by atoms with E-state index in [-0.39, 0.29) is 12.4 Å². The number of carbonyl (C=O) groups excluding carboxylic acids is 1. The molecular formula is C15H17N5O4. The first-order valence-electron chi connectivity index (χ1n) is 6.97. The van der Waals surface area contributed by atoms with E-state index in [9.17, 15) is 14.9 Å². The van der Waals surface area contributed by atoms with Crippen molar-refractivity contribution in [2.24, 2.45) is 0 Å². The second-order valence-electron chi connectivity index (χ2n) is 4.94. The Hall–Kier alpha value is -3.36. The summed E-state index contributed by atoms with van der Waals surface area (Å²) in [5.74, 6) is 0.00741. The maximum atomic E-state index is 11.9. The van der Waals surface area contributed by atoms with Crippen LogP contribution in [0.4, 0.5) is 5.82 Å². The van der Waals surface area contributed by atoms with E-state index in [1.54, 1.807) is 38.3 Å². The summed E-state index contributed by atoms with van der Waals surface area (Å²) in [4.78, 5) is 22.0. The molecule has 0 atom stereocenters. The van der Waals surface area contributed by atoms with Gasteiger partial charge in [0.15, 0.2) is 0 Å². The summed E-state index contributed by atoms with van der Waals surface area (Å²) in [6.45, 7) is 5.31. The lowest BCUT2D eigenvalue weighted by Gasteiger charge is -2.11. The minimum Gasteiger partial charge on any atom is -0.497 e. The minimum absolute atomic E-state index is 0.150. The second kappa shape index (κ2) is 7.27. The Balaban J connectivity index is 1.90. The molecule has 0 fully saturated rings. The van der Waals surface area contributed by atoms with Crippen molar-refractivity contribution >= 4 is 17.4 Å². The lowest BCUT2D eigenvalue weighted by atomic mass is 10.2. The van der Waals surface area contributed by atoms with E-state index in [4.69, 9.17) is 4.74 Å². The molecule has 0 unspecified atom stereocenters. The summed E-state index contributed by atoms with van der Waals surface area (Å²) in [5.41, 5.74) is 6.96. The fraction of sp³-hybridized carbons (Fsp3) is 0.200. The minimum atomic E-state index is -0.606. The summed E-state index contributed by atoms with van der Waals surface area (Å²) in [7, 11) is 1.57. The number of nitrogens with zero attached hydrogens (tertiary/aromatic N) is 3. The molecule has 2 rings (SSSR count). The normalized spacial score (nSPS) is 10.1. The molecule has 126 valence electrons. The quantitative estimate of drug-likeness (QED) is 0.586. The molecule has 9 nitrogen and oxygen atoms in total. The Labute approximate surface area is 138 Å². The number of hydrogen-bond donors (Lipinski definition) is 2. The number of carbonyl (C=O) groups is 1. The largest absolute Gasteiger partial charge is 0.497 e. The zero-order valence-corrected chi connectivity index (χ0v) is 13.3. The maximum Gasteiger partial charge on any atom is 0.390 e. The van der Waals surface area contributed by atoms with Crippen LogP contribution in [0.15, 0.2) is 36.9 Å². The monoisotopic (exact) mass is 331 g/mol. The highest BCUT2D eigenvalue weighted by molar-refractivity contribution is 5.77. The summed E-state index contributed by atoms with van der Waals surface area (Å²) >= 11 is 0. The molecule has 1 amide bonds. The number of methoxy groups -OCH3 is 1. The van der Waals surface area contributed by atoms with Crippen molar-refractivity contribution in [3.63, 3.8) is 0 Å². The van der Waals surface area contributed by atoms with Gasteiger partial charge in [-0.3, -0.25) is 15.6 Å². The molecule has 0 aliphatic heterocycles. The third-order valence-electron chi connectivity index (χ3n) is 3.24. The third kappa shape index (κ3) is 4.09. The molecule has 0 aliphatic rings.